The first-order valence-electron chi connectivity index (χ1n) is 5.88. The van der Waals surface area contributed by atoms with Crippen LogP contribution in [-0.2, 0) is 12.2 Å². The van der Waals surface area contributed by atoms with Crippen molar-refractivity contribution in [1.82, 2.24) is 4.98 Å². The summed E-state index contributed by atoms with van der Waals surface area (Å²) in [6.07, 6.45) is 0.913. The molecule has 3 aromatic rings. The van der Waals surface area contributed by atoms with E-state index in [-0.39, 0.29) is 0 Å². The van der Waals surface area contributed by atoms with Crippen molar-refractivity contribution in [2.24, 2.45) is 0 Å². The Labute approximate surface area is 116 Å². The lowest BCUT2D eigenvalue weighted by Crippen LogP contribution is -1.85. The van der Waals surface area contributed by atoms with E-state index in [1.807, 2.05) is 6.07 Å². The summed E-state index contributed by atoms with van der Waals surface area (Å²) in [6, 6.07) is 16.8. The maximum atomic E-state index is 4.68. The number of thiol groups is 1. The summed E-state index contributed by atoms with van der Waals surface area (Å²) in [7, 11) is 0. The fourth-order valence-corrected chi connectivity index (χ4v) is 3.22. The van der Waals surface area contributed by atoms with Gasteiger partial charge in [-0.2, -0.15) is 12.6 Å². The maximum Gasteiger partial charge on any atom is 0.0982 e. The molecule has 0 aliphatic heterocycles. The molecule has 0 unspecified atom stereocenters. The summed E-state index contributed by atoms with van der Waals surface area (Å²) >= 11 is 6.08. The summed E-state index contributed by atoms with van der Waals surface area (Å²) < 4.78 is 1.26. The van der Waals surface area contributed by atoms with E-state index in [1.165, 1.54) is 20.8 Å². The number of thiazole rings is 1. The first-order valence-corrected chi connectivity index (χ1v) is 7.33. The van der Waals surface area contributed by atoms with Crippen molar-refractivity contribution < 1.29 is 0 Å². The van der Waals surface area contributed by atoms with E-state index < -0.39 is 0 Å². The van der Waals surface area contributed by atoms with Crippen molar-refractivity contribution in [2.45, 2.75) is 12.2 Å². The number of hydrogen-bond donors (Lipinski definition) is 1. The fraction of sp³-hybridized carbons (Fsp3) is 0.133. The third-order valence-corrected chi connectivity index (χ3v) is 4.26. The molecular weight excluding hydrogens is 258 g/mol. The van der Waals surface area contributed by atoms with Crippen molar-refractivity contribution in [3.05, 3.63) is 64.7 Å². The van der Waals surface area contributed by atoms with Gasteiger partial charge in [0.25, 0.3) is 0 Å². The fourth-order valence-electron chi connectivity index (χ4n) is 1.96. The van der Waals surface area contributed by atoms with Crippen LogP contribution in [0, 0.1) is 0 Å². The average molecular weight is 271 g/mol. The average Bonchev–Trinajstić information content (AvgIpc) is 2.80. The molecule has 3 rings (SSSR count). The molecule has 3 heteroatoms. The molecule has 18 heavy (non-hydrogen) atoms. The van der Waals surface area contributed by atoms with E-state index in [1.54, 1.807) is 11.3 Å². The van der Waals surface area contributed by atoms with E-state index >= 15 is 0 Å². The van der Waals surface area contributed by atoms with E-state index in [4.69, 9.17) is 0 Å². The van der Waals surface area contributed by atoms with Crippen LogP contribution in [0.2, 0.25) is 0 Å². The summed E-state index contributed by atoms with van der Waals surface area (Å²) in [5.41, 5.74) is 3.66. The lowest BCUT2D eigenvalue weighted by atomic mass is 10.2. The van der Waals surface area contributed by atoms with Gasteiger partial charge in [-0.15, -0.1) is 11.3 Å². The van der Waals surface area contributed by atoms with Crippen molar-refractivity contribution >= 4 is 34.2 Å². The van der Waals surface area contributed by atoms with Gasteiger partial charge in [0.15, 0.2) is 0 Å². The van der Waals surface area contributed by atoms with E-state index in [0.29, 0.717) is 0 Å². The first kappa shape index (κ1) is 11.8. The van der Waals surface area contributed by atoms with Crippen molar-refractivity contribution in [2.75, 3.05) is 0 Å². The molecule has 0 spiro atoms. The molecule has 0 radical (unpaired) electrons. The molecule has 0 saturated carbocycles. The minimum Gasteiger partial charge on any atom is -0.241 e. The molecule has 1 nitrogen and oxygen atoms in total. The van der Waals surface area contributed by atoms with Crippen LogP contribution < -0.4 is 0 Å². The Kier molecular flexibility index (Phi) is 3.35. The molecular formula is C15H13NS2. The molecule has 2 aromatic carbocycles. The number of nitrogens with zero attached hydrogens (tertiary/aromatic N) is 1. The van der Waals surface area contributed by atoms with Crippen LogP contribution >= 0.6 is 24.0 Å². The van der Waals surface area contributed by atoms with Crippen LogP contribution in [-0.4, -0.2) is 4.98 Å². The monoisotopic (exact) mass is 271 g/mol. The normalized spacial score (nSPS) is 10.9. The number of rotatable bonds is 3. The highest BCUT2D eigenvalue weighted by molar-refractivity contribution is 7.79. The minimum atomic E-state index is 0.780. The molecule has 1 aromatic heterocycles. The molecule has 0 bridgehead atoms. The topological polar surface area (TPSA) is 12.9 Å². The Morgan fingerprint density at radius 3 is 2.61 bits per heavy atom. The number of hydrogen-bond acceptors (Lipinski definition) is 3. The van der Waals surface area contributed by atoms with E-state index in [0.717, 1.165) is 17.7 Å². The zero-order chi connectivity index (χ0) is 12.4. The highest BCUT2D eigenvalue weighted by Crippen LogP contribution is 2.25. The van der Waals surface area contributed by atoms with Gasteiger partial charge in [-0.3, -0.25) is 0 Å². The maximum absolute atomic E-state index is 4.68. The highest BCUT2D eigenvalue weighted by atomic mass is 32.1. The zero-order valence-electron chi connectivity index (χ0n) is 9.84. The second-order valence-electron chi connectivity index (χ2n) is 4.23. The van der Waals surface area contributed by atoms with Crippen molar-refractivity contribution in [1.29, 1.82) is 0 Å². The Bertz CT molecular complexity index is 659. The SMILES string of the molecule is SCc1ccc2nc(Cc3ccccc3)sc2c1. The van der Waals surface area contributed by atoms with Gasteiger partial charge in [-0.25, -0.2) is 4.98 Å². The summed E-state index contributed by atoms with van der Waals surface area (Å²) in [5.74, 6) is 0.780. The molecule has 90 valence electrons. The van der Waals surface area contributed by atoms with Crippen LogP contribution in [0.4, 0.5) is 0 Å². The molecule has 0 atom stereocenters. The Hall–Kier alpha value is -1.32. The van der Waals surface area contributed by atoms with Gasteiger partial charge in [0.05, 0.1) is 15.2 Å². The Morgan fingerprint density at radius 1 is 1.00 bits per heavy atom. The van der Waals surface area contributed by atoms with Gasteiger partial charge in [0, 0.05) is 12.2 Å². The standard InChI is InChI=1S/C15H13NS2/c17-10-12-6-7-13-14(8-12)18-15(16-13)9-11-4-2-1-3-5-11/h1-8,17H,9-10H2. The third kappa shape index (κ3) is 2.42. The zero-order valence-corrected chi connectivity index (χ0v) is 11.5. The van der Waals surface area contributed by atoms with E-state index in [2.05, 4.69) is 60.1 Å². The minimum absolute atomic E-state index is 0.780. The first-order chi connectivity index (χ1) is 8.85. The number of aromatic nitrogens is 1. The lowest BCUT2D eigenvalue weighted by molar-refractivity contribution is 1.15. The number of fused-ring (bicyclic) bond motifs is 1. The molecule has 0 N–H and O–H groups in total. The van der Waals surface area contributed by atoms with Gasteiger partial charge in [-0.05, 0) is 23.3 Å². The molecule has 0 saturated heterocycles. The molecule has 0 amide bonds. The van der Waals surface area contributed by atoms with Gasteiger partial charge < -0.3 is 0 Å². The van der Waals surface area contributed by atoms with Crippen LogP contribution in [0.3, 0.4) is 0 Å². The van der Waals surface area contributed by atoms with Gasteiger partial charge in [0.1, 0.15) is 0 Å². The Morgan fingerprint density at radius 2 is 1.83 bits per heavy atom. The largest absolute Gasteiger partial charge is 0.241 e. The van der Waals surface area contributed by atoms with Crippen LogP contribution in [0.25, 0.3) is 10.2 Å². The predicted octanol–water partition coefficient (Wildman–Crippen LogP) is 4.32. The second-order valence-corrected chi connectivity index (χ2v) is 5.66. The molecule has 1 heterocycles. The summed E-state index contributed by atoms with van der Waals surface area (Å²) in [6.45, 7) is 0. The summed E-state index contributed by atoms with van der Waals surface area (Å²) in [5, 5.41) is 1.17. The second kappa shape index (κ2) is 5.12. The smallest absolute Gasteiger partial charge is 0.0982 e. The quantitative estimate of drug-likeness (QED) is 0.700. The molecule has 0 aliphatic carbocycles. The predicted molar refractivity (Wildman–Crippen MR) is 81.6 cm³/mol. The van der Waals surface area contributed by atoms with Crippen molar-refractivity contribution in [3.8, 4) is 0 Å². The van der Waals surface area contributed by atoms with Gasteiger partial charge in [-0.1, -0.05) is 36.4 Å². The third-order valence-electron chi connectivity index (χ3n) is 2.88. The van der Waals surface area contributed by atoms with Gasteiger partial charge in [0.2, 0.25) is 0 Å². The lowest BCUT2D eigenvalue weighted by Gasteiger charge is -1.95. The highest BCUT2D eigenvalue weighted by Gasteiger charge is 2.05. The number of benzene rings is 2. The van der Waals surface area contributed by atoms with Gasteiger partial charge >= 0.3 is 0 Å². The molecule has 0 fully saturated rings. The van der Waals surface area contributed by atoms with E-state index in [9.17, 15) is 0 Å². The van der Waals surface area contributed by atoms with Crippen molar-refractivity contribution in [3.63, 3.8) is 0 Å². The summed E-state index contributed by atoms with van der Waals surface area (Å²) in [4.78, 5) is 4.68. The van der Waals surface area contributed by atoms with Crippen LogP contribution in [0.1, 0.15) is 16.1 Å². The van der Waals surface area contributed by atoms with Crippen LogP contribution in [0.5, 0.6) is 0 Å². The Balaban J connectivity index is 1.94. The van der Waals surface area contributed by atoms with Crippen LogP contribution in [0.15, 0.2) is 48.5 Å². The molecule has 0 aliphatic rings.